The normalized spacial score (nSPS) is 62.4. The first-order chi connectivity index (χ1) is 11.7. The maximum Gasteiger partial charge on any atom is 0.166 e. The van der Waals surface area contributed by atoms with E-state index in [1.807, 2.05) is 0 Å². The molecule has 1 spiro atoms. The van der Waals surface area contributed by atoms with Gasteiger partial charge >= 0.3 is 0 Å². The summed E-state index contributed by atoms with van der Waals surface area (Å²) in [5.41, 5.74) is -0.778. The average Bonchev–Trinajstić information content (AvgIpc) is 2.85. The third-order valence-corrected chi connectivity index (χ3v) is 9.64. The van der Waals surface area contributed by atoms with Crippen molar-refractivity contribution in [2.45, 2.75) is 89.6 Å². The van der Waals surface area contributed by atoms with Gasteiger partial charge in [-0.15, -0.1) is 0 Å². The molecule has 9 atom stereocenters. The van der Waals surface area contributed by atoms with Crippen molar-refractivity contribution in [3.8, 4) is 0 Å². The Morgan fingerprint density at radius 1 is 1.04 bits per heavy atom. The third-order valence-electron chi connectivity index (χ3n) is 9.64. The van der Waals surface area contributed by atoms with E-state index in [4.69, 9.17) is 4.74 Å². The van der Waals surface area contributed by atoms with E-state index in [9.17, 15) is 15.0 Å². The van der Waals surface area contributed by atoms with Gasteiger partial charge in [0.05, 0.1) is 6.10 Å². The minimum Gasteiger partial charge on any atom is -0.390 e. The van der Waals surface area contributed by atoms with E-state index in [-0.39, 0.29) is 28.4 Å². The lowest BCUT2D eigenvalue weighted by molar-refractivity contribution is -0.436. The van der Waals surface area contributed by atoms with Crippen molar-refractivity contribution < 1.29 is 19.7 Å². The van der Waals surface area contributed by atoms with E-state index < -0.39 is 17.5 Å². The molecule has 2 unspecified atom stereocenters. The van der Waals surface area contributed by atoms with Crippen LogP contribution in [0.2, 0.25) is 0 Å². The molecule has 2 saturated heterocycles. The Labute approximate surface area is 150 Å². The Morgan fingerprint density at radius 3 is 2.48 bits per heavy atom. The largest absolute Gasteiger partial charge is 0.390 e. The standard InChI is InChI=1S/C21H32O4/c1-12(22)14-6-7-15-16-5-4-13-10-20(24)9-8-19(13,3)21(16,25-20)17(23)11-18(14,15)2/h13-17,23-24H,4-11H2,1-3H3/t13?,14?,15-,16-,17+,18+,19-,20+,21+/m0/s1. The summed E-state index contributed by atoms with van der Waals surface area (Å²) in [5, 5.41) is 22.5. The Kier molecular flexibility index (Phi) is 3.13. The Hall–Kier alpha value is -0.450. The predicted octanol–water partition coefficient (Wildman–Crippen LogP) is 3.05. The maximum atomic E-state index is 12.3. The Morgan fingerprint density at radius 2 is 1.76 bits per heavy atom. The number of carbonyl (C=O) groups excluding carboxylic acids is 1. The highest BCUT2D eigenvalue weighted by Crippen LogP contribution is 2.74. The molecule has 25 heavy (non-hydrogen) atoms. The second-order valence-electron chi connectivity index (χ2n) is 10.4. The van der Waals surface area contributed by atoms with Crippen LogP contribution in [0.4, 0.5) is 0 Å². The van der Waals surface area contributed by atoms with Gasteiger partial charge in [-0.3, -0.25) is 4.79 Å². The summed E-state index contributed by atoms with van der Waals surface area (Å²) in [6.07, 6.45) is 6.61. The zero-order chi connectivity index (χ0) is 17.8. The molecule has 4 aliphatic carbocycles. The fourth-order valence-corrected chi connectivity index (χ4v) is 8.57. The van der Waals surface area contributed by atoms with Crippen LogP contribution in [0.15, 0.2) is 0 Å². The fraction of sp³-hybridized carbons (Fsp3) is 0.952. The molecule has 0 aromatic rings. The predicted molar refractivity (Wildman–Crippen MR) is 92.6 cm³/mol. The van der Waals surface area contributed by atoms with E-state index in [2.05, 4.69) is 13.8 Å². The number of aliphatic hydroxyl groups is 2. The number of rotatable bonds is 1. The average molecular weight is 348 g/mol. The van der Waals surface area contributed by atoms with E-state index in [0.717, 1.165) is 38.5 Å². The first kappa shape index (κ1) is 16.7. The van der Waals surface area contributed by atoms with Crippen LogP contribution in [-0.4, -0.2) is 33.5 Å². The summed E-state index contributed by atoms with van der Waals surface area (Å²) < 4.78 is 6.52. The second-order valence-corrected chi connectivity index (χ2v) is 10.4. The molecule has 4 saturated carbocycles. The number of ketones is 1. The lowest BCUT2D eigenvalue weighted by Crippen LogP contribution is -2.78. The van der Waals surface area contributed by atoms with Gasteiger partial charge in [0.25, 0.3) is 0 Å². The number of fused-ring (bicyclic) bond motifs is 3. The molecule has 0 aromatic carbocycles. The van der Waals surface area contributed by atoms with Crippen LogP contribution in [0.5, 0.6) is 0 Å². The van der Waals surface area contributed by atoms with Crippen molar-refractivity contribution in [2.24, 2.45) is 34.5 Å². The number of hydrogen-bond acceptors (Lipinski definition) is 4. The zero-order valence-corrected chi connectivity index (χ0v) is 15.8. The number of Topliss-reactive ketones (excluding diaryl/α,β-unsaturated/α-hetero) is 1. The van der Waals surface area contributed by atoms with Gasteiger partial charge in [-0.2, -0.15) is 0 Å². The van der Waals surface area contributed by atoms with Crippen molar-refractivity contribution in [3.63, 3.8) is 0 Å². The molecule has 140 valence electrons. The van der Waals surface area contributed by atoms with Crippen molar-refractivity contribution in [1.29, 1.82) is 0 Å². The molecule has 4 bridgehead atoms. The van der Waals surface area contributed by atoms with Gasteiger partial charge < -0.3 is 14.9 Å². The maximum absolute atomic E-state index is 12.3. The molecular formula is C21H32O4. The molecule has 2 N–H and O–H groups in total. The molecular weight excluding hydrogens is 316 g/mol. The highest BCUT2D eigenvalue weighted by atomic mass is 16.7. The van der Waals surface area contributed by atoms with Crippen molar-refractivity contribution in [3.05, 3.63) is 0 Å². The van der Waals surface area contributed by atoms with Gasteiger partial charge in [-0.25, -0.2) is 0 Å². The first-order valence-electron chi connectivity index (χ1n) is 10.3. The Bertz CT molecular complexity index is 633. The number of hydrogen-bond donors (Lipinski definition) is 2. The zero-order valence-electron chi connectivity index (χ0n) is 15.8. The van der Waals surface area contributed by atoms with Crippen LogP contribution >= 0.6 is 0 Å². The summed E-state index contributed by atoms with van der Waals surface area (Å²) in [4.78, 5) is 12.3. The van der Waals surface area contributed by atoms with E-state index >= 15 is 0 Å². The van der Waals surface area contributed by atoms with Crippen molar-refractivity contribution in [1.82, 2.24) is 0 Å². The summed E-state index contributed by atoms with van der Waals surface area (Å²) in [6, 6.07) is 0. The van der Waals surface area contributed by atoms with Gasteiger partial charge in [0.1, 0.15) is 11.4 Å². The van der Waals surface area contributed by atoms with Crippen LogP contribution in [0.3, 0.4) is 0 Å². The summed E-state index contributed by atoms with van der Waals surface area (Å²) >= 11 is 0. The molecule has 2 heterocycles. The first-order valence-corrected chi connectivity index (χ1v) is 10.3. The summed E-state index contributed by atoms with van der Waals surface area (Å²) in [5.74, 6) is 0.426. The van der Waals surface area contributed by atoms with E-state index in [1.54, 1.807) is 6.92 Å². The molecule has 6 rings (SSSR count). The minimum atomic E-state index is -1.05. The van der Waals surface area contributed by atoms with Crippen LogP contribution in [-0.2, 0) is 9.53 Å². The molecule has 0 aromatic heterocycles. The van der Waals surface area contributed by atoms with Crippen LogP contribution in [0, 0.1) is 34.5 Å². The van der Waals surface area contributed by atoms with Gasteiger partial charge in [0.2, 0.25) is 0 Å². The Balaban J connectivity index is 1.63. The van der Waals surface area contributed by atoms with Gasteiger partial charge in [-0.1, -0.05) is 13.8 Å². The van der Waals surface area contributed by atoms with Crippen LogP contribution in [0.25, 0.3) is 0 Å². The smallest absolute Gasteiger partial charge is 0.166 e. The van der Waals surface area contributed by atoms with E-state index in [1.165, 1.54) is 0 Å². The highest BCUT2D eigenvalue weighted by molar-refractivity contribution is 5.79. The van der Waals surface area contributed by atoms with Gasteiger partial charge in [0.15, 0.2) is 5.79 Å². The van der Waals surface area contributed by atoms with Gasteiger partial charge in [-0.05, 0) is 68.6 Å². The molecule has 2 aliphatic heterocycles. The van der Waals surface area contributed by atoms with Crippen LogP contribution in [0.1, 0.15) is 72.1 Å². The number of ether oxygens (including phenoxy) is 1. The molecule has 6 fully saturated rings. The summed E-state index contributed by atoms with van der Waals surface area (Å²) in [6.45, 7) is 6.26. The fourth-order valence-electron chi connectivity index (χ4n) is 8.57. The summed E-state index contributed by atoms with van der Waals surface area (Å²) in [7, 11) is 0. The van der Waals surface area contributed by atoms with E-state index in [0.29, 0.717) is 24.7 Å². The van der Waals surface area contributed by atoms with Crippen molar-refractivity contribution in [2.75, 3.05) is 0 Å². The van der Waals surface area contributed by atoms with Crippen LogP contribution < -0.4 is 0 Å². The SMILES string of the molecule is CC(=O)C1CC[C@H]2[C@@H]3CCC4C[C@@]5(O)CC[C@]4(C)[C@]3(O5)[C@H](O)C[C@]12C. The molecule has 0 amide bonds. The number of carbonyl (C=O) groups is 1. The quantitative estimate of drug-likeness (QED) is 0.764. The molecule has 4 heteroatoms. The van der Waals surface area contributed by atoms with Crippen molar-refractivity contribution >= 4 is 5.78 Å². The topological polar surface area (TPSA) is 66.8 Å². The minimum absolute atomic E-state index is 0.0462. The molecule has 4 nitrogen and oxygen atoms in total. The lowest BCUT2D eigenvalue weighted by atomic mass is 9.39. The van der Waals surface area contributed by atoms with Gasteiger partial charge in [0, 0.05) is 24.2 Å². The number of aliphatic hydroxyl groups excluding tert-OH is 1. The molecule has 6 aliphatic rings. The lowest BCUT2D eigenvalue weighted by Gasteiger charge is -2.74. The molecule has 0 radical (unpaired) electrons. The monoisotopic (exact) mass is 348 g/mol. The third kappa shape index (κ3) is 1.73. The second kappa shape index (κ2) is 4.69. The highest BCUT2D eigenvalue weighted by Gasteiger charge is 2.76.